The van der Waals surface area contributed by atoms with Crippen LogP contribution in [-0.2, 0) is 0 Å². The average molecular weight is 222 g/mol. The van der Waals surface area contributed by atoms with Crippen molar-refractivity contribution < 1.29 is 0 Å². The van der Waals surface area contributed by atoms with E-state index >= 15 is 0 Å². The molecule has 16 heavy (non-hydrogen) atoms. The predicted molar refractivity (Wildman–Crippen MR) is 67.5 cm³/mol. The highest BCUT2D eigenvalue weighted by atomic mass is 15.2. The maximum absolute atomic E-state index is 3.67. The molecule has 1 saturated heterocycles. The SMILES string of the molecule is CCC1CCN(CC2(C3CC3)CC2)CCN1. The Morgan fingerprint density at radius 2 is 2.00 bits per heavy atom. The van der Waals surface area contributed by atoms with Crippen molar-refractivity contribution in [1.29, 1.82) is 0 Å². The van der Waals surface area contributed by atoms with Gasteiger partial charge in [0.1, 0.15) is 0 Å². The monoisotopic (exact) mass is 222 g/mol. The second kappa shape index (κ2) is 4.30. The quantitative estimate of drug-likeness (QED) is 0.785. The lowest BCUT2D eigenvalue weighted by molar-refractivity contribution is 0.214. The largest absolute Gasteiger partial charge is 0.313 e. The minimum absolute atomic E-state index is 0.779. The molecule has 2 nitrogen and oxygen atoms in total. The molecule has 2 saturated carbocycles. The van der Waals surface area contributed by atoms with Gasteiger partial charge < -0.3 is 10.2 Å². The lowest BCUT2D eigenvalue weighted by atomic mass is 9.99. The van der Waals surface area contributed by atoms with E-state index in [1.54, 1.807) is 0 Å². The molecule has 2 aliphatic carbocycles. The molecule has 0 bridgehead atoms. The lowest BCUT2D eigenvalue weighted by Gasteiger charge is -2.25. The highest BCUT2D eigenvalue weighted by molar-refractivity contribution is 5.05. The third kappa shape index (κ3) is 2.28. The van der Waals surface area contributed by atoms with E-state index in [0.717, 1.165) is 17.4 Å². The van der Waals surface area contributed by atoms with Crippen molar-refractivity contribution in [3.63, 3.8) is 0 Å². The van der Waals surface area contributed by atoms with Gasteiger partial charge in [0.15, 0.2) is 0 Å². The molecule has 2 heteroatoms. The van der Waals surface area contributed by atoms with E-state index in [1.807, 2.05) is 0 Å². The fourth-order valence-corrected chi connectivity index (χ4v) is 3.48. The van der Waals surface area contributed by atoms with Crippen molar-refractivity contribution in [3.8, 4) is 0 Å². The fourth-order valence-electron chi connectivity index (χ4n) is 3.48. The van der Waals surface area contributed by atoms with Gasteiger partial charge in [-0.1, -0.05) is 6.92 Å². The van der Waals surface area contributed by atoms with Gasteiger partial charge in [-0.3, -0.25) is 0 Å². The van der Waals surface area contributed by atoms with Crippen molar-refractivity contribution >= 4 is 0 Å². The summed E-state index contributed by atoms with van der Waals surface area (Å²) in [5, 5.41) is 3.67. The third-order valence-corrected chi connectivity index (χ3v) is 5.02. The molecule has 0 radical (unpaired) electrons. The average Bonchev–Trinajstić information content (AvgIpc) is 3.16. The molecule has 0 amide bonds. The summed E-state index contributed by atoms with van der Waals surface area (Å²) in [5.41, 5.74) is 0.798. The van der Waals surface area contributed by atoms with Gasteiger partial charge in [0.25, 0.3) is 0 Å². The number of nitrogens with one attached hydrogen (secondary N) is 1. The van der Waals surface area contributed by atoms with Gasteiger partial charge in [0.05, 0.1) is 0 Å². The fraction of sp³-hybridized carbons (Fsp3) is 1.00. The van der Waals surface area contributed by atoms with Crippen LogP contribution in [0, 0.1) is 11.3 Å². The van der Waals surface area contributed by atoms with Crippen molar-refractivity contribution in [2.45, 2.75) is 51.5 Å². The van der Waals surface area contributed by atoms with Crippen LogP contribution in [0.3, 0.4) is 0 Å². The third-order valence-electron chi connectivity index (χ3n) is 5.02. The number of nitrogens with zero attached hydrogens (tertiary/aromatic N) is 1. The second-order valence-electron chi connectivity index (χ2n) is 6.26. The molecule has 1 N–H and O–H groups in total. The Labute approximate surface area is 99.8 Å². The van der Waals surface area contributed by atoms with Crippen LogP contribution in [0.4, 0.5) is 0 Å². The van der Waals surface area contributed by atoms with Crippen LogP contribution >= 0.6 is 0 Å². The molecule has 3 fully saturated rings. The van der Waals surface area contributed by atoms with E-state index in [-0.39, 0.29) is 0 Å². The van der Waals surface area contributed by atoms with Crippen LogP contribution in [-0.4, -0.2) is 37.1 Å². The van der Waals surface area contributed by atoms with Gasteiger partial charge in [-0.05, 0) is 56.4 Å². The van der Waals surface area contributed by atoms with Crippen LogP contribution in [0.15, 0.2) is 0 Å². The first-order valence-electron chi connectivity index (χ1n) is 7.28. The maximum atomic E-state index is 3.67. The molecule has 1 aliphatic heterocycles. The summed E-state index contributed by atoms with van der Waals surface area (Å²) >= 11 is 0. The van der Waals surface area contributed by atoms with E-state index in [1.165, 1.54) is 64.7 Å². The van der Waals surface area contributed by atoms with Gasteiger partial charge in [0, 0.05) is 25.7 Å². The zero-order valence-corrected chi connectivity index (χ0v) is 10.7. The Hall–Kier alpha value is -0.0800. The Bertz CT molecular complexity index is 243. The van der Waals surface area contributed by atoms with Crippen LogP contribution in [0.25, 0.3) is 0 Å². The predicted octanol–water partition coefficient (Wildman–Crippen LogP) is 2.25. The maximum Gasteiger partial charge on any atom is 0.0107 e. The Balaban J connectivity index is 1.51. The zero-order valence-electron chi connectivity index (χ0n) is 10.7. The molecule has 92 valence electrons. The van der Waals surface area contributed by atoms with E-state index in [0.29, 0.717) is 0 Å². The van der Waals surface area contributed by atoms with Crippen LogP contribution < -0.4 is 5.32 Å². The van der Waals surface area contributed by atoms with Crippen LogP contribution in [0.2, 0.25) is 0 Å². The summed E-state index contributed by atoms with van der Waals surface area (Å²) < 4.78 is 0. The smallest absolute Gasteiger partial charge is 0.0107 e. The zero-order chi connectivity index (χ0) is 11.0. The standard InChI is InChI=1S/C14H26N2/c1-2-13-5-9-16(10-8-15-13)11-14(6-7-14)12-3-4-12/h12-13,15H,2-11H2,1H3. The molecule has 0 spiro atoms. The normalized spacial score (nSPS) is 34.7. The summed E-state index contributed by atoms with van der Waals surface area (Å²) in [4.78, 5) is 2.74. The van der Waals surface area contributed by atoms with Crippen molar-refractivity contribution in [3.05, 3.63) is 0 Å². The number of hydrogen-bond donors (Lipinski definition) is 1. The molecule has 1 atom stereocenters. The minimum Gasteiger partial charge on any atom is -0.313 e. The Morgan fingerprint density at radius 1 is 1.19 bits per heavy atom. The van der Waals surface area contributed by atoms with Gasteiger partial charge >= 0.3 is 0 Å². The topological polar surface area (TPSA) is 15.3 Å². The Morgan fingerprint density at radius 3 is 2.62 bits per heavy atom. The molecule has 1 unspecified atom stereocenters. The molecule has 3 rings (SSSR count). The first kappa shape index (κ1) is 11.0. The number of hydrogen-bond acceptors (Lipinski definition) is 2. The summed E-state index contributed by atoms with van der Waals surface area (Å²) in [5.74, 6) is 1.12. The van der Waals surface area contributed by atoms with E-state index < -0.39 is 0 Å². The molecule has 1 heterocycles. The number of rotatable bonds is 4. The molecule has 3 aliphatic rings. The van der Waals surface area contributed by atoms with Gasteiger partial charge in [-0.2, -0.15) is 0 Å². The lowest BCUT2D eigenvalue weighted by Crippen LogP contribution is -2.34. The molecule has 0 aromatic rings. The summed E-state index contributed by atoms with van der Waals surface area (Å²) in [7, 11) is 0. The van der Waals surface area contributed by atoms with Gasteiger partial charge in [0.2, 0.25) is 0 Å². The van der Waals surface area contributed by atoms with E-state index in [2.05, 4.69) is 17.1 Å². The summed E-state index contributed by atoms with van der Waals surface area (Å²) in [6, 6.07) is 0.779. The minimum atomic E-state index is 0.779. The molecule has 0 aromatic carbocycles. The van der Waals surface area contributed by atoms with Crippen molar-refractivity contribution in [1.82, 2.24) is 10.2 Å². The summed E-state index contributed by atoms with van der Waals surface area (Å²) in [6.07, 6.45) is 8.77. The van der Waals surface area contributed by atoms with Crippen molar-refractivity contribution in [2.24, 2.45) is 11.3 Å². The second-order valence-corrected chi connectivity index (χ2v) is 6.26. The highest BCUT2D eigenvalue weighted by Gasteiger charge is 2.54. The van der Waals surface area contributed by atoms with Crippen LogP contribution in [0.1, 0.15) is 45.4 Å². The molecular weight excluding hydrogens is 196 g/mol. The van der Waals surface area contributed by atoms with Gasteiger partial charge in [-0.25, -0.2) is 0 Å². The summed E-state index contributed by atoms with van der Waals surface area (Å²) in [6.45, 7) is 7.54. The van der Waals surface area contributed by atoms with E-state index in [4.69, 9.17) is 0 Å². The first-order chi connectivity index (χ1) is 7.82. The highest BCUT2D eigenvalue weighted by Crippen LogP contribution is 2.61. The Kier molecular flexibility index (Phi) is 2.97. The molecule has 0 aromatic heterocycles. The van der Waals surface area contributed by atoms with Gasteiger partial charge in [-0.15, -0.1) is 0 Å². The van der Waals surface area contributed by atoms with Crippen LogP contribution in [0.5, 0.6) is 0 Å². The van der Waals surface area contributed by atoms with Crippen molar-refractivity contribution in [2.75, 3.05) is 26.2 Å². The van der Waals surface area contributed by atoms with E-state index in [9.17, 15) is 0 Å². The molecular formula is C14H26N2. The first-order valence-corrected chi connectivity index (χ1v) is 7.28.